The average molecular weight is 400 g/mol. The minimum atomic E-state index is -4.75. The Kier molecular flexibility index (Phi) is 6.67. The van der Waals surface area contributed by atoms with E-state index < -0.39 is 17.3 Å². The van der Waals surface area contributed by atoms with E-state index >= 15 is 0 Å². The standard InChI is InChI=1S/C17H15F3N2O4S/c1-11(12-2-6-14(7-3-12)26-17(18,19)20)21-16(23)10-27-15-8-4-13(5-9-15)22(24)25/h2-9,11H,10H2,1H3,(H,21,23). The first-order chi connectivity index (χ1) is 12.6. The number of nitrogens with zero attached hydrogens (tertiary/aromatic N) is 1. The van der Waals surface area contributed by atoms with Crippen molar-refractivity contribution in [2.45, 2.75) is 24.2 Å². The molecule has 10 heteroatoms. The van der Waals surface area contributed by atoms with Gasteiger partial charge in [-0.3, -0.25) is 14.9 Å². The highest BCUT2D eigenvalue weighted by atomic mass is 32.2. The Morgan fingerprint density at radius 2 is 1.78 bits per heavy atom. The molecule has 0 radical (unpaired) electrons. The number of thioether (sulfide) groups is 1. The summed E-state index contributed by atoms with van der Waals surface area (Å²) in [4.78, 5) is 22.8. The highest BCUT2D eigenvalue weighted by Crippen LogP contribution is 2.25. The molecule has 0 aromatic heterocycles. The molecule has 1 atom stereocenters. The molecule has 0 heterocycles. The van der Waals surface area contributed by atoms with Gasteiger partial charge in [0, 0.05) is 17.0 Å². The van der Waals surface area contributed by atoms with E-state index in [-0.39, 0.29) is 23.1 Å². The van der Waals surface area contributed by atoms with E-state index in [0.717, 1.165) is 0 Å². The van der Waals surface area contributed by atoms with Crippen molar-refractivity contribution in [1.82, 2.24) is 5.32 Å². The molecule has 0 saturated heterocycles. The van der Waals surface area contributed by atoms with Gasteiger partial charge in [-0.2, -0.15) is 0 Å². The fourth-order valence-corrected chi connectivity index (χ4v) is 2.85. The largest absolute Gasteiger partial charge is 0.573 e. The summed E-state index contributed by atoms with van der Waals surface area (Å²) in [5.41, 5.74) is 0.591. The highest BCUT2D eigenvalue weighted by molar-refractivity contribution is 8.00. The molecule has 2 rings (SSSR count). The lowest BCUT2D eigenvalue weighted by Gasteiger charge is -2.15. The van der Waals surface area contributed by atoms with Gasteiger partial charge >= 0.3 is 6.36 Å². The van der Waals surface area contributed by atoms with E-state index in [1.54, 1.807) is 19.1 Å². The van der Waals surface area contributed by atoms with E-state index in [9.17, 15) is 28.1 Å². The molecular weight excluding hydrogens is 385 g/mol. The Balaban J connectivity index is 1.85. The molecule has 0 aliphatic heterocycles. The van der Waals surface area contributed by atoms with Crippen LogP contribution in [-0.4, -0.2) is 22.9 Å². The van der Waals surface area contributed by atoms with Gasteiger partial charge in [0.1, 0.15) is 5.75 Å². The Hall–Kier alpha value is -2.75. The number of nitrogens with one attached hydrogen (secondary N) is 1. The summed E-state index contributed by atoms with van der Waals surface area (Å²) in [5, 5.41) is 13.3. The zero-order valence-corrected chi connectivity index (χ0v) is 14.8. The monoisotopic (exact) mass is 400 g/mol. The van der Waals surface area contributed by atoms with Gasteiger partial charge in [-0.25, -0.2) is 0 Å². The van der Waals surface area contributed by atoms with Gasteiger partial charge in [0.25, 0.3) is 5.69 Å². The molecule has 1 N–H and O–H groups in total. The Morgan fingerprint density at radius 1 is 1.19 bits per heavy atom. The summed E-state index contributed by atoms with van der Waals surface area (Å²) >= 11 is 1.22. The van der Waals surface area contributed by atoms with Crippen molar-refractivity contribution in [3.8, 4) is 5.75 Å². The number of ether oxygens (including phenoxy) is 1. The van der Waals surface area contributed by atoms with Crippen LogP contribution in [0.15, 0.2) is 53.4 Å². The maximum Gasteiger partial charge on any atom is 0.573 e. The summed E-state index contributed by atoms with van der Waals surface area (Å²) in [5.74, 6) is -0.516. The van der Waals surface area contributed by atoms with Crippen LogP contribution in [0, 0.1) is 10.1 Å². The summed E-state index contributed by atoms with van der Waals surface area (Å²) in [6, 6.07) is 10.6. The molecular formula is C17H15F3N2O4S. The number of carbonyl (C=O) groups is 1. The Labute approximate surface area is 156 Å². The zero-order valence-electron chi connectivity index (χ0n) is 14.0. The number of alkyl halides is 3. The fourth-order valence-electron chi connectivity index (χ4n) is 2.14. The number of halogens is 3. The fraction of sp³-hybridized carbons (Fsp3) is 0.235. The first-order valence-corrected chi connectivity index (χ1v) is 8.65. The molecule has 144 valence electrons. The topological polar surface area (TPSA) is 81.5 Å². The van der Waals surface area contributed by atoms with Crippen molar-refractivity contribution in [2.24, 2.45) is 0 Å². The number of nitro benzene ring substituents is 1. The first kappa shape index (κ1) is 20.6. The third-order valence-corrected chi connectivity index (χ3v) is 4.42. The van der Waals surface area contributed by atoms with Crippen LogP contribution < -0.4 is 10.1 Å². The minimum Gasteiger partial charge on any atom is -0.406 e. The maximum absolute atomic E-state index is 12.1. The third-order valence-electron chi connectivity index (χ3n) is 3.41. The van der Waals surface area contributed by atoms with Crippen molar-refractivity contribution in [2.75, 3.05) is 5.75 Å². The summed E-state index contributed by atoms with van der Waals surface area (Å²) in [6.07, 6.45) is -4.75. The van der Waals surface area contributed by atoms with Crippen LogP contribution in [0.1, 0.15) is 18.5 Å². The summed E-state index contributed by atoms with van der Waals surface area (Å²) in [7, 11) is 0. The van der Waals surface area contributed by atoms with Crippen molar-refractivity contribution >= 4 is 23.4 Å². The van der Waals surface area contributed by atoms with Crippen molar-refractivity contribution in [1.29, 1.82) is 0 Å². The first-order valence-electron chi connectivity index (χ1n) is 7.66. The van der Waals surface area contributed by atoms with E-state index in [4.69, 9.17) is 0 Å². The van der Waals surface area contributed by atoms with Gasteiger partial charge in [-0.05, 0) is 36.8 Å². The normalized spacial score (nSPS) is 12.3. The Bertz CT molecular complexity index is 795. The van der Waals surface area contributed by atoms with Crippen molar-refractivity contribution in [3.63, 3.8) is 0 Å². The number of nitro groups is 1. The van der Waals surface area contributed by atoms with Crippen LogP contribution in [0.2, 0.25) is 0 Å². The van der Waals surface area contributed by atoms with Gasteiger partial charge in [-0.1, -0.05) is 12.1 Å². The van der Waals surface area contributed by atoms with Crippen LogP contribution in [0.3, 0.4) is 0 Å². The van der Waals surface area contributed by atoms with E-state index in [1.807, 2.05) is 0 Å². The van der Waals surface area contributed by atoms with E-state index in [1.165, 1.54) is 48.2 Å². The zero-order chi connectivity index (χ0) is 20.0. The molecule has 0 aliphatic carbocycles. The van der Waals surface area contributed by atoms with Gasteiger partial charge in [0.15, 0.2) is 0 Å². The molecule has 0 spiro atoms. The molecule has 0 fully saturated rings. The van der Waals surface area contributed by atoms with Gasteiger partial charge in [0.05, 0.1) is 16.7 Å². The SMILES string of the molecule is CC(NC(=O)CSc1ccc([N+](=O)[O-])cc1)c1ccc(OC(F)(F)F)cc1. The highest BCUT2D eigenvalue weighted by Gasteiger charge is 2.31. The summed E-state index contributed by atoms with van der Waals surface area (Å²) < 4.78 is 40.2. The lowest BCUT2D eigenvalue weighted by Crippen LogP contribution is -2.28. The van der Waals surface area contributed by atoms with Gasteiger partial charge in [-0.15, -0.1) is 24.9 Å². The van der Waals surface area contributed by atoms with Gasteiger partial charge in [0.2, 0.25) is 5.91 Å². The molecule has 0 bridgehead atoms. The molecule has 2 aromatic rings. The van der Waals surface area contributed by atoms with Crippen LogP contribution in [-0.2, 0) is 4.79 Å². The lowest BCUT2D eigenvalue weighted by atomic mass is 10.1. The van der Waals surface area contributed by atoms with E-state index in [0.29, 0.717) is 10.5 Å². The number of non-ortho nitro benzene ring substituents is 1. The molecule has 1 amide bonds. The third kappa shape index (κ3) is 6.81. The van der Waals surface area contributed by atoms with Crippen molar-refractivity contribution < 1.29 is 27.6 Å². The number of rotatable bonds is 7. The summed E-state index contributed by atoms with van der Waals surface area (Å²) in [6.45, 7) is 1.70. The number of benzene rings is 2. The minimum absolute atomic E-state index is 0.0321. The van der Waals surface area contributed by atoms with Crippen LogP contribution in [0.4, 0.5) is 18.9 Å². The molecule has 6 nitrogen and oxygen atoms in total. The van der Waals surface area contributed by atoms with E-state index in [2.05, 4.69) is 10.1 Å². The second kappa shape index (κ2) is 8.76. The van der Waals surface area contributed by atoms with Gasteiger partial charge < -0.3 is 10.1 Å². The quantitative estimate of drug-likeness (QED) is 0.422. The van der Waals surface area contributed by atoms with Crippen LogP contribution in [0.25, 0.3) is 0 Å². The number of hydrogen-bond acceptors (Lipinski definition) is 5. The number of hydrogen-bond donors (Lipinski definition) is 1. The smallest absolute Gasteiger partial charge is 0.406 e. The predicted molar refractivity (Wildman–Crippen MR) is 93.5 cm³/mol. The van der Waals surface area contributed by atoms with Crippen LogP contribution in [0.5, 0.6) is 5.75 Å². The molecule has 0 aliphatic rings. The number of amides is 1. The predicted octanol–water partition coefficient (Wildman–Crippen LogP) is 4.46. The molecule has 27 heavy (non-hydrogen) atoms. The lowest BCUT2D eigenvalue weighted by molar-refractivity contribution is -0.384. The second-order valence-corrected chi connectivity index (χ2v) is 6.49. The van der Waals surface area contributed by atoms with Crippen molar-refractivity contribution in [3.05, 3.63) is 64.2 Å². The molecule has 1 unspecified atom stereocenters. The molecule has 2 aromatic carbocycles. The average Bonchev–Trinajstić information content (AvgIpc) is 2.59. The molecule has 0 saturated carbocycles. The maximum atomic E-state index is 12.1. The Morgan fingerprint density at radius 3 is 2.30 bits per heavy atom. The second-order valence-electron chi connectivity index (χ2n) is 5.45. The van der Waals surface area contributed by atoms with Crippen LogP contribution >= 0.6 is 11.8 Å². The number of carbonyl (C=O) groups excluding carboxylic acids is 1.